The smallest absolute Gasteiger partial charge is 0.246 e. The summed E-state index contributed by atoms with van der Waals surface area (Å²) >= 11 is 0. The second kappa shape index (κ2) is 7.72. The molecule has 0 aliphatic carbocycles. The fraction of sp³-hybridized carbons (Fsp3) is 0.588. The van der Waals surface area contributed by atoms with Gasteiger partial charge in [-0.3, -0.25) is 14.6 Å². The number of rotatable bonds is 6. The first-order chi connectivity index (χ1) is 11.6. The van der Waals surface area contributed by atoms with Gasteiger partial charge in [-0.25, -0.2) is 0 Å². The van der Waals surface area contributed by atoms with Gasteiger partial charge in [0.25, 0.3) is 0 Å². The normalized spacial score (nSPS) is 26.8. The van der Waals surface area contributed by atoms with Crippen molar-refractivity contribution >= 4 is 11.8 Å². The molecule has 2 amide bonds. The maximum atomic E-state index is 12.1. The van der Waals surface area contributed by atoms with Gasteiger partial charge in [0.2, 0.25) is 11.8 Å². The zero-order chi connectivity index (χ0) is 16.9. The highest BCUT2D eigenvalue weighted by molar-refractivity contribution is 5.83. The molecule has 0 saturated carbocycles. The summed E-state index contributed by atoms with van der Waals surface area (Å²) in [6.45, 7) is 1.18. The van der Waals surface area contributed by atoms with Crippen LogP contribution < -0.4 is 5.32 Å². The number of nitrogens with one attached hydrogen (secondary N) is 1. The van der Waals surface area contributed by atoms with Gasteiger partial charge in [0.1, 0.15) is 6.61 Å². The van der Waals surface area contributed by atoms with Crippen molar-refractivity contribution in [3.63, 3.8) is 0 Å². The highest BCUT2D eigenvalue weighted by Crippen LogP contribution is 2.31. The lowest BCUT2D eigenvalue weighted by Gasteiger charge is -2.25. The van der Waals surface area contributed by atoms with E-state index in [9.17, 15) is 9.59 Å². The van der Waals surface area contributed by atoms with Crippen LogP contribution in [0, 0.1) is 0 Å². The van der Waals surface area contributed by atoms with Crippen LogP contribution in [0.5, 0.6) is 0 Å². The lowest BCUT2D eigenvalue weighted by atomic mass is 10.0. The van der Waals surface area contributed by atoms with E-state index in [0.717, 1.165) is 25.0 Å². The molecule has 24 heavy (non-hydrogen) atoms. The largest absolute Gasteiger partial charge is 0.376 e. The molecular formula is C17H23N3O4. The number of hydrogen-bond acceptors (Lipinski definition) is 5. The Kier molecular flexibility index (Phi) is 5.42. The van der Waals surface area contributed by atoms with Gasteiger partial charge in [-0.15, -0.1) is 0 Å². The molecule has 1 aromatic heterocycles. The number of likely N-dealkylation sites (N-methyl/N-ethyl adjacent to an activating group) is 1. The van der Waals surface area contributed by atoms with Crippen molar-refractivity contribution in [1.82, 2.24) is 15.2 Å². The summed E-state index contributed by atoms with van der Waals surface area (Å²) in [7, 11) is 1.75. The molecule has 1 unspecified atom stereocenters. The predicted octanol–water partition coefficient (Wildman–Crippen LogP) is 0.665. The number of likely N-dealkylation sites (tertiary alicyclic amines) is 1. The molecule has 2 aliphatic heterocycles. The molecule has 1 N–H and O–H groups in total. The Morgan fingerprint density at radius 2 is 2.42 bits per heavy atom. The molecule has 3 rings (SSSR count). The van der Waals surface area contributed by atoms with E-state index in [-0.39, 0.29) is 43.0 Å². The van der Waals surface area contributed by atoms with Crippen LogP contribution in [-0.4, -0.2) is 60.7 Å². The fourth-order valence-electron chi connectivity index (χ4n) is 3.31. The number of nitrogens with zero attached hydrogens (tertiary/aromatic N) is 2. The fourth-order valence-corrected chi connectivity index (χ4v) is 3.31. The number of carbonyl (C=O) groups is 2. The van der Waals surface area contributed by atoms with Crippen molar-refractivity contribution in [2.24, 2.45) is 0 Å². The number of carbonyl (C=O) groups excluding carboxylic acids is 2. The minimum absolute atomic E-state index is 0.00873. The van der Waals surface area contributed by atoms with Crippen LogP contribution in [0.2, 0.25) is 0 Å². The van der Waals surface area contributed by atoms with E-state index in [1.165, 1.54) is 0 Å². The molecule has 3 heterocycles. The molecule has 1 aromatic rings. The Balaban J connectivity index is 1.54. The van der Waals surface area contributed by atoms with Crippen molar-refractivity contribution in [2.75, 3.05) is 26.9 Å². The summed E-state index contributed by atoms with van der Waals surface area (Å²) < 4.78 is 10.9. The molecule has 2 aliphatic rings. The SMILES string of the molecule is CN1C(=O)C[C@H](NC(=O)COCC2CCCO2)[C@H]1c1cccnc1. The van der Waals surface area contributed by atoms with Gasteiger partial charge in [0.05, 0.1) is 24.8 Å². The monoisotopic (exact) mass is 333 g/mol. The molecule has 0 spiro atoms. The van der Waals surface area contributed by atoms with Gasteiger partial charge < -0.3 is 19.7 Å². The maximum Gasteiger partial charge on any atom is 0.246 e. The highest BCUT2D eigenvalue weighted by atomic mass is 16.5. The average Bonchev–Trinajstić information content (AvgIpc) is 3.17. The molecule has 2 fully saturated rings. The number of amides is 2. The second-order valence-corrected chi connectivity index (χ2v) is 6.26. The molecule has 0 radical (unpaired) electrons. The number of pyridine rings is 1. The average molecular weight is 333 g/mol. The molecule has 0 aromatic carbocycles. The molecule has 2 saturated heterocycles. The van der Waals surface area contributed by atoms with Gasteiger partial charge in [-0.1, -0.05) is 6.07 Å². The van der Waals surface area contributed by atoms with Crippen molar-refractivity contribution in [2.45, 2.75) is 37.5 Å². The molecular weight excluding hydrogens is 310 g/mol. The zero-order valence-electron chi connectivity index (χ0n) is 13.8. The van der Waals surface area contributed by atoms with Gasteiger partial charge in [0, 0.05) is 32.5 Å². The maximum absolute atomic E-state index is 12.1. The second-order valence-electron chi connectivity index (χ2n) is 6.26. The van der Waals surface area contributed by atoms with Gasteiger partial charge in [-0.2, -0.15) is 0 Å². The summed E-state index contributed by atoms with van der Waals surface area (Å²) in [5.41, 5.74) is 0.913. The summed E-state index contributed by atoms with van der Waals surface area (Å²) in [6.07, 6.45) is 5.82. The first kappa shape index (κ1) is 16.9. The Morgan fingerprint density at radius 1 is 1.54 bits per heavy atom. The Bertz CT molecular complexity index is 574. The summed E-state index contributed by atoms with van der Waals surface area (Å²) in [5, 5.41) is 2.92. The summed E-state index contributed by atoms with van der Waals surface area (Å²) in [6, 6.07) is 3.27. The quantitative estimate of drug-likeness (QED) is 0.827. The summed E-state index contributed by atoms with van der Waals surface area (Å²) in [4.78, 5) is 30.0. The minimum Gasteiger partial charge on any atom is -0.376 e. The van der Waals surface area contributed by atoms with Crippen LogP contribution in [0.4, 0.5) is 0 Å². The molecule has 3 atom stereocenters. The van der Waals surface area contributed by atoms with E-state index in [0.29, 0.717) is 6.61 Å². The first-order valence-electron chi connectivity index (χ1n) is 8.29. The third-order valence-electron chi connectivity index (χ3n) is 4.52. The van der Waals surface area contributed by atoms with E-state index < -0.39 is 0 Å². The van der Waals surface area contributed by atoms with E-state index >= 15 is 0 Å². The molecule has 7 heteroatoms. The number of hydrogen-bond donors (Lipinski definition) is 1. The van der Waals surface area contributed by atoms with Crippen LogP contribution >= 0.6 is 0 Å². The standard InChI is InChI=1S/C17H23N3O4/c1-20-16(22)8-14(17(20)12-4-2-6-18-9-12)19-15(21)11-23-10-13-5-3-7-24-13/h2,4,6,9,13-14,17H,3,5,7-8,10-11H2,1H3,(H,19,21)/t13?,14-,17+/m0/s1. The van der Waals surface area contributed by atoms with Crippen molar-refractivity contribution in [1.29, 1.82) is 0 Å². The Hall–Kier alpha value is -1.99. The Morgan fingerprint density at radius 3 is 3.12 bits per heavy atom. The van der Waals surface area contributed by atoms with Crippen LogP contribution in [0.15, 0.2) is 24.5 Å². The van der Waals surface area contributed by atoms with Crippen LogP contribution in [-0.2, 0) is 19.1 Å². The highest BCUT2D eigenvalue weighted by Gasteiger charge is 2.39. The minimum atomic E-state index is -0.273. The predicted molar refractivity (Wildman–Crippen MR) is 86.1 cm³/mol. The van der Waals surface area contributed by atoms with E-state index in [1.807, 2.05) is 12.1 Å². The third kappa shape index (κ3) is 3.91. The van der Waals surface area contributed by atoms with E-state index in [2.05, 4.69) is 10.3 Å². The van der Waals surface area contributed by atoms with Crippen LogP contribution in [0.3, 0.4) is 0 Å². The number of ether oxygens (including phenoxy) is 2. The van der Waals surface area contributed by atoms with E-state index in [1.54, 1.807) is 24.3 Å². The zero-order valence-corrected chi connectivity index (χ0v) is 13.8. The van der Waals surface area contributed by atoms with Crippen molar-refractivity contribution in [3.05, 3.63) is 30.1 Å². The van der Waals surface area contributed by atoms with Crippen LogP contribution in [0.25, 0.3) is 0 Å². The first-order valence-corrected chi connectivity index (χ1v) is 8.29. The molecule has 7 nitrogen and oxygen atoms in total. The van der Waals surface area contributed by atoms with Crippen molar-refractivity contribution < 1.29 is 19.1 Å². The van der Waals surface area contributed by atoms with Crippen LogP contribution in [0.1, 0.15) is 30.9 Å². The third-order valence-corrected chi connectivity index (χ3v) is 4.52. The molecule has 130 valence electrons. The van der Waals surface area contributed by atoms with Gasteiger partial charge in [-0.05, 0) is 24.5 Å². The number of aromatic nitrogens is 1. The summed E-state index contributed by atoms with van der Waals surface area (Å²) in [5.74, 6) is -0.204. The molecule has 0 bridgehead atoms. The van der Waals surface area contributed by atoms with E-state index in [4.69, 9.17) is 9.47 Å². The van der Waals surface area contributed by atoms with Gasteiger partial charge >= 0.3 is 0 Å². The lowest BCUT2D eigenvalue weighted by molar-refractivity contribution is -0.128. The topological polar surface area (TPSA) is 80.8 Å². The Labute approximate surface area is 141 Å². The van der Waals surface area contributed by atoms with Gasteiger partial charge in [0.15, 0.2) is 0 Å². The van der Waals surface area contributed by atoms with Crippen molar-refractivity contribution in [3.8, 4) is 0 Å². The lowest BCUT2D eigenvalue weighted by Crippen LogP contribution is -2.41.